The molecule has 0 aliphatic heterocycles. The minimum absolute atomic E-state index is 0.00426. The van der Waals surface area contributed by atoms with Crippen molar-refractivity contribution in [2.75, 3.05) is 27.2 Å². The molecule has 0 aromatic heterocycles. The molecule has 0 radical (unpaired) electrons. The monoisotopic (exact) mass is 298 g/mol. The summed E-state index contributed by atoms with van der Waals surface area (Å²) in [7, 11) is 3.38. The van der Waals surface area contributed by atoms with Gasteiger partial charge in [0.25, 0.3) is 5.91 Å². The fraction of sp³-hybridized carbons (Fsp3) is 0.533. The molecule has 0 saturated carbocycles. The quantitative estimate of drug-likeness (QED) is 0.841. The largest absolute Gasteiger partial charge is 0.482 e. The zero-order chi connectivity index (χ0) is 15.1. The molecule has 0 fully saturated rings. The SMILES string of the molecule is CCCNC(C)c1ccc(OCC(=O)N(C)C)c(Cl)c1. The topological polar surface area (TPSA) is 41.6 Å². The van der Waals surface area contributed by atoms with Crippen molar-refractivity contribution in [3.05, 3.63) is 28.8 Å². The summed E-state index contributed by atoms with van der Waals surface area (Å²) in [5.74, 6) is 0.441. The molecule has 0 spiro atoms. The highest BCUT2D eigenvalue weighted by atomic mass is 35.5. The number of halogens is 1. The number of hydrogen-bond acceptors (Lipinski definition) is 3. The van der Waals surface area contributed by atoms with Crippen molar-refractivity contribution < 1.29 is 9.53 Å². The van der Waals surface area contributed by atoms with Gasteiger partial charge in [-0.15, -0.1) is 0 Å². The van der Waals surface area contributed by atoms with Crippen LogP contribution in [0, 0.1) is 0 Å². The molecular formula is C15H23ClN2O2. The van der Waals surface area contributed by atoms with Crippen LogP contribution in [0.4, 0.5) is 0 Å². The van der Waals surface area contributed by atoms with Crippen LogP contribution in [0.5, 0.6) is 5.75 Å². The molecule has 1 unspecified atom stereocenters. The van der Waals surface area contributed by atoms with E-state index in [1.807, 2.05) is 18.2 Å². The highest BCUT2D eigenvalue weighted by Crippen LogP contribution is 2.27. The number of ether oxygens (including phenoxy) is 1. The Morgan fingerprint density at radius 1 is 1.45 bits per heavy atom. The summed E-state index contributed by atoms with van der Waals surface area (Å²) in [4.78, 5) is 13.0. The molecule has 1 N–H and O–H groups in total. The number of nitrogens with zero attached hydrogens (tertiary/aromatic N) is 1. The van der Waals surface area contributed by atoms with Crippen LogP contribution >= 0.6 is 11.6 Å². The van der Waals surface area contributed by atoms with E-state index in [-0.39, 0.29) is 18.6 Å². The highest BCUT2D eigenvalue weighted by molar-refractivity contribution is 6.32. The number of carbonyl (C=O) groups excluding carboxylic acids is 1. The molecule has 1 amide bonds. The molecule has 0 bridgehead atoms. The minimum atomic E-state index is -0.0943. The normalized spacial score (nSPS) is 12.1. The van der Waals surface area contributed by atoms with E-state index in [9.17, 15) is 4.79 Å². The van der Waals surface area contributed by atoms with Crippen molar-refractivity contribution >= 4 is 17.5 Å². The van der Waals surface area contributed by atoms with Gasteiger partial charge < -0.3 is 15.0 Å². The molecule has 0 aliphatic carbocycles. The average molecular weight is 299 g/mol. The lowest BCUT2D eigenvalue weighted by molar-refractivity contribution is -0.130. The number of amides is 1. The molecule has 1 aromatic carbocycles. The maximum atomic E-state index is 11.5. The van der Waals surface area contributed by atoms with Crippen LogP contribution in [0.15, 0.2) is 18.2 Å². The van der Waals surface area contributed by atoms with E-state index in [0.717, 1.165) is 18.5 Å². The van der Waals surface area contributed by atoms with Gasteiger partial charge in [-0.3, -0.25) is 4.79 Å². The van der Waals surface area contributed by atoms with Crippen molar-refractivity contribution in [3.8, 4) is 5.75 Å². The zero-order valence-corrected chi connectivity index (χ0v) is 13.3. The molecule has 5 heteroatoms. The van der Waals surface area contributed by atoms with E-state index in [4.69, 9.17) is 16.3 Å². The van der Waals surface area contributed by atoms with Gasteiger partial charge in [0.2, 0.25) is 0 Å². The van der Waals surface area contributed by atoms with Gasteiger partial charge in [-0.2, -0.15) is 0 Å². The second kappa shape index (κ2) is 8.12. The second-order valence-electron chi connectivity index (χ2n) is 4.94. The highest BCUT2D eigenvalue weighted by Gasteiger charge is 2.10. The molecular weight excluding hydrogens is 276 g/mol. The van der Waals surface area contributed by atoms with Crippen LogP contribution in [0.2, 0.25) is 5.02 Å². The van der Waals surface area contributed by atoms with Gasteiger partial charge in [0.15, 0.2) is 6.61 Å². The minimum Gasteiger partial charge on any atom is -0.482 e. The van der Waals surface area contributed by atoms with Gasteiger partial charge in [-0.1, -0.05) is 24.6 Å². The van der Waals surface area contributed by atoms with Gasteiger partial charge in [0.05, 0.1) is 5.02 Å². The Bertz CT molecular complexity index is 449. The number of benzene rings is 1. The van der Waals surface area contributed by atoms with E-state index < -0.39 is 0 Å². The Balaban J connectivity index is 2.66. The number of nitrogens with one attached hydrogen (secondary N) is 1. The lowest BCUT2D eigenvalue weighted by atomic mass is 10.1. The number of likely N-dealkylation sites (N-methyl/N-ethyl adjacent to an activating group) is 1. The molecule has 0 heterocycles. The standard InChI is InChI=1S/C15H23ClN2O2/c1-5-8-17-11(2)12-6-7-14(13(16)9-12)20-10-15(19)18(3)4/h6-7,9,11,17H,5,8,10H2,1-4H3. The van der Waals surface area contributed by atoms with Crippen LogP contribution in [0.25, 0.3) is 0 Å². The Morgan fingerprint density at radius 2 is 2.15 bits per heavy atom. The van der Waals surface area contributed by atoms with Gasteiger partial charge in [0.1, 0.15) is 5.75 Å². The Kier molecular flexibility index (Phi) is 6.82. The lowest BCUT2D eigenvalue weighted by Gasteiger charge is -2.16. The zero-order valence-electron chi connectivity index (χ0n) is 12.6. The smallest absolute Gasteiger partial charge is 0.259 e. The van der Waals surface area contributed by atoms with E-state index in [1.165, 1.54) is 4.90 Å². The van der Waals surface area contributed by atoms with Crippen molar-refractivity contribution in [2.45, 2.75) is 26.3 Å². The van der Waals surface area contributed by atoms with Crippen LogP contribution in [0.3, 0.4) is 0 Å². The van der Waals surface area contributed by atoms with Gasteiger partial charge >= 0.3 is 0 Å². The summed E-state index contributed by atoms with van der Waals surface area (Å²) in [5, 5.41) is 3.93. The number of hydrogen-bond donors (Lipinski definition) is 1. The fourth-order valence-corrected chi connectivity index (χ4v) is 1.89. The summed E-state index contributed by atoms with van der Waals surface area (Å²) in [6.07, 6.45) is 1.09. The maximum Gasteiger partial charge on any atom is 0.259 e. The molecule has 4 nitrogen and oxygen atoms in total. The van der Waals surface area contributed by atoms with Crippen molar-refractivity contribution in [1.29, 1.82) is 0 Å². The molecule has 20 heavy (non-hydrogen) atoms. The fourth-order valence-electron chi connectivity index (χ4n) is 1.65. The van der Waals surface area contributed by atoms with E-state index >= 15 is 0 Å². The Hall–Kier alpha value is -1.26. The summed E-state index contributed by atoms with van der Waals surface area (Å²) in [6, 6.07) is 5.90. The molecule has 0 saturated heterocycles. The first-order valence-electron chi connectivity index (χ1n) is 6.81. The Labute approximate surface area is 126 Å². The summed E-state index contributed by atoms with van der Waals surface area (Å²) < 4.78 is 5.43. The first-order chi connectivity index (χ1) is 9.45. The summed E-state index contributed by atoms with van der Waals surface area (Å²) >= 11 is 6.19. The molecule has 1 rings (SSSR count). The number of rotatable bonds is 7. The third-order valence-electron chi connectivity index (χ3n) is 3.01. The number of carbonyl (C=O) groups is 1. The van der Waals surface area contributed by atoms with E-state index in [2.05, 4.69) is 19.2 Å². The van der Waals surface area contributed by atoms with Gasteiger partial charge in [-0.25, -0.2) is 0 Å². The van der Waals surface area contributed by atoms with Crippen LogP contribution in [0.1, 0.15) is 31.9 Å². The third-order valence-corrected chi connectivity index (χ3v) is 3.30. The van der Waals surface area contributed by atoms with Crippen LogP contribution < -0.4 is 10.1 Å². The van der Waals surface area contributed by atoms with Crippen molar-refractivity contribution in [2.24, 2.45) is 0 Å². The Morgan fingerprint density at radius 3 is 2.70 bits per heavy atom. The average Bonchev–Trinajstić information content (AvgIpc) is 2.42. The van der Waals surface area contributed by atoms with Crippen LogP contribution in [-0.4, -0.2) is 38.1 Å². The second-order valence-corrected chi connectivity index (χ2v) is 5.35. The van der Waals surface area contributed by atoms with Gasteiger partial charge in [-0.05, 0) is 37.6 Å². The first kappa shape index (κ1) is 16.8. The first-order valence-corrected chi connectivity index (χ1v) is 7.19. The lowest BCUT2D eigenvalue weighted by Crippen LogP contribution is -2.27. The van der Waals surface area contributed by atoms with Gasteiger partial charge in [0, 0.05) is 20.1 Å². The summed E-state index contributed by atoms with van der Waals surface area (Å²) in [5.41, 5.74) is 1.11. The third kappa shape index (κ3) is 5.02. The van der Waals surface area contributed by atoms with E-state index in [0.29, 0.717) is 10.8 Å². The molecule has 0 aliphatic rings. The van der Waals surface area contributed by atoms with Crippen molar-refractivity contribution in [1.82, 2.24) is 10.2 Å². The molecule has 1 aromatic rings. The van der Waals surface area contributed by atoms with Crippen molar-refractivity contribution in [3.63, 3.8) is 0 Å². The summed E-state index contributed by atoms with van der Waals surface area (Å²) in [6.45, 7) is 5.19. The predicted octanol–water partition coefficient (Wildman–Crippen LogP) is 2.87. The maximum absolute atomic E-state index is 11.5. The van der Waals surface area contributed by atoms with E-state index in [1.54, 1.807) is 14.1 Å². The molecule has 112 valence electrons. The van der Waals surface area contributed by atoms with Crippen LogP contribution in [-0.2, 0) is 4.79 Å². The molecule has 1 atom stereocenters. The predicted molar refractivity (Wildman–Crippen MR) is 82.3 cm³/mol.